The number of hydrogen-bond donors (Lipinski definition) is 1. The monoisotopic (exact) mass is 313 g/mol. The van der Waals surface area contributed by atoms with Crippen LogP contribution in [0.3, 0.4) is 0 Å². The maximum absolute atomic E-state index is 12.1. The molecule has 1 aliphatic rings. The van der Waals surface area contributed by atoms with Gasteiger partial charge in [-0.1, -0.05) is 30.3 Å². The highest BCUT2D eigenvalue weighted by atomic mass is 16.5. The summed E-state index contributed by atoms with van der Waals surface area (Å²) in [6.07, 6.45) is 3.50. The second-order valence-electron chi connectivity index (χ2n) is 5.55. The molecule has 0 aliphatic carbocycles. The topological polar surface area (TPSA) is 73.2 Å². The molecule has 1 aromatic heterocycles. The average Bonchev–Trinajstić information content (AvgIpc) is 3.09. The van der Waals surface area contributed by atoms with Crippen LogP contribution in [-0.2, 0) is 16.1 Å². The highest BCUT2D eigenvalue weighted by Crippen LogP contribution is 2.13. The molecule has 1 aromatic carbocycles. The van der Waals surface area contributed by atoms with Gasteiger partial charge in [0.25, 0.3) is 5.56 Å². The SMILES string of the molecule is O=C(Cn1cnc(-c2ccccc2)cc1=O)NC[C@H]1CCCO1. The van der Waals surface area contributed by atoms with Gasteiger partial charge in [-0.15, -0.1) is 0 Å². The summed E-state index contributed by atoms with van der Waals surface area (Å²) in [4.78, 5) is 28.3. The number of aromatic nitrogens is 2. The number of carbonyl (C=O) groups excluding carboxylic acids is 1. The largest absolute Gasteiger partial charge is 0.376 e. The van der Waals surface area contributed by atoms with Gasteiger partial charge in [0.05, 0.1) is 18.1 Å². The first kappa shape index (κ1) is 15.4. The van der Waals surface area contributed by atoms with E-state index in [1.807, 2.05) is 30.3 Å². The molecular weight excluding hydrogens is 294 g/mol. The van der Waals surface area contributed by atoms with Crippen molar-refractivity contribution in [3.05, 3.63) is 53.1 Å². The molecule has 1 atom stereocenters. The van der Waals surface area contributed by atoms with Crippen molar-refractivity contribution in [3.8, 4) is 11.3 Å². The Hall–Kier alpha value is -2.47. The van der Waals surface area contributed by atoms with E-state index in [9.17, 15) is 9.59 Å². The first-order chi connectivity index (χ1) is 11.2. The minimum Gasteiger partial charge on any atom is -0.376 e. The third-order valence-corrected chi connectivity index (χ3v) is 3.81. The molecule has 6 nitrogen and oxygen atoms in total. The second kappa shape index (κ2) is 7.19. The van der Waals surface area contributed by atoms with Crippen LogP contribution in [0.25, 0.3) is 11.3 Å². The van der Waals surface area contributed by atoms with Gasteiger partial charge in [-0.2, -0.15) is 0 Å². The van der Waals surface area contributed by atoms with Gasteiger partial charge < -0.3 is 10.1 Å². The molecule has 23 heavy (non-hydrogen) atoms. The number of ether oxygens (including phenoxy) is 1. The number of nitrogens with zero attached hydrogens (tertiary/aromatic N) is 2. The van der Waals surface area contributed by atoms with Crippen LogP contribution >= 0.6 is 0 Å². The number of amides is 1. The van der Waals surface area contributed by atoms with E-state index in [1.165, 1.54) is 17.0 Å². The van der Waals surface area contributed by atoms with Gasteiger partial charge in [0, 0.05) is 24.8 Å². The molecule has 1 fully saturated rings. The number of nitrogens with one attached hydrogen (secondary N) is 1. The molecule has 2 aromatic rings. The van der Waals surface area contributed by atoms with Crippen LogP contribution in [0.5, 0.6) is 0 Å². The van der Waals surface area contributed by atoms with Crippen LogP contribution in [0.15, 0.2) is 47.5 Å². The highest BCUT2D eigenvalue weighted by molar-refractivity contribution is 5.75. The summed E-state index contributed by atoms with van der Waals surface area (Å²) in [5.74, 6) is -0.211. The summed E-state index contributed by atoms with van der Waals surface area (Å²) in [5.41, 5.74) is 1.23. The van der Waals surface area contributed by atoms with Gasteiger partial charge in [0.1, 0.15) is 6.54 Å². The van der Waals surface area contributed by atoms with Crippen LogP contribution in [0.1, 0.15) is 12.8 Å². The Morgan fingerprint density at radius 1 is 1.35 bits per heavy atom. The van der Waals surface area contributed by atoms with E-state index in [-0.39, 0.29) is 24.1 Å². The summed E-state index contributed by atoms with van der Waals surface area (Å²) in [5, 5.41) is 2.80. The molecule has 1 amide bonds. The van der Waals surface area contributed by atoms with Crippen molar-refractivity contribution >= 4 is 5.91 Å². The third kappa shape index (κ3) is 4.04. The first-order valence-corrected chi connectivity index (χ1v) is 7.72. The van der Waals surface area contributed by atoms with Crippen LogP contribution in [0.2, 0.25) is 0 Å². The first-order valence-electron chi connectivity index (χ1n) is 7.72. The summed E-state index contributed by atoms with van der Waals surface area (Å²) >= 11 is 0. The predicted molar refractivity (Wildman–Crippen MR) is 85.9 cm³/mol. The van der Waals surface area contributed by atoms with Crippen molar-refractivity contribution in [3.63, 3.8) is 0 Å². The fraction of sp³-hybridized carbons (Fsp3) is 0.353. The van der Waals surface area contributed by atoms with Gasteiger partial charge in [0.2, 0.25) is 5.91 Å². The number of rotatable bonds is 5. The van der Waals surface area contributed by atoms with Crippen LogP contribution in [0.4, 0.5) is 0 Å². The van der Waals surface area contributed by atoms with Gasteiger partial charge in [-0.3, -0.25) is 14.2 Å². The summed E-state index contributed by atoms with van der Waals surface area (Å²) < 4.78 is 6.75. The Morgan fingerprint density at radius 2 is 2.17 bits per heavy atom. The van der Waals surface area contributed by atoms with E-state index < -0.39 is 0 Å². The maximum atomic E-state index is 12.1. The number of hydrogen-bond acceptors (Lipinski definition) is 4. The second-order valence-corrected chi connectivity index (χ2v) is 5.55. The van der Waals surface area contributed by atoms with E-state index in [0.717, 1.165) is 25.0 Å². The summed E-state index contributed by atoms with van der Waals surface area (Å²) in [7, 11) is 0. The molecule has 0 spiro atoms. The third-order valence-electron chi connectivity index (χ3n) is 3.81. The highest BCUT2D eigenvalue weighted by Gasteiger charge is 2.16. The lowest BCUT2D eigenvalue weighted by molar-refractivity contribution is -0.122. The Morgan fingerprint density at radius 3 is 2.87 bits per heavy atom. The lowest BCUT2D eigenvalue weighted by Gasteiger charge is -2.11. The number of carbonyl (C=O) groups is 1. The molecule has 0 unspecified atom stereocenters. The van der Waals surface area contributed by atoms with E-state index in [1.54, 1.807) is 0 Å². The van der Waals surface area contributed by atoms with Crippen LogP contribution in [0, 0.1) is 0 Å². The minimum absolute atomic E-state index is 0.0341. The normalized spacial score (nSPS) is 17.1. The molecular formula is C17H19N3O3. The van der Waals surface area contributed by atoms with Crippen LogP contribution < -0.4 is 10.9 Å². The van der Waals surface area contributed by atoms with Gasteiger partial charge in [-0.05, 0) is 12.8 Å². The molecule has 1 saturated heterocycles. The Labute approximate surface area is 134 Å². The molecule has 0 bridgehead atoms. The van der Waals surface area contributed by atoms with Crippen molar-refractivity contribution in [2.24, 2.45) is 0 Å². The average molecular weight is 313 g/mol. The van der Waals surface area contributed by atoms with E-state index in [4.69, 9.17) is 4.74 Å². The van der Waals surface area contributed by atoms with Crippen molar-refractivity contribution in [1.82, 2.24) is 14.9 Å². The Kier molecular flexibility index (Phi) is 4.83. The quantitative estimate of drug-likeness (QED) is 0.900. The van der Waals surface area contributed by atoms with Crippen molar-refractivity contribution in [2.45, 2.75) is 25.5 Å². The van der Waals surface area contributed by atoms with Gasteiger partial charge in [0.15, 0.2) is 0 Å². The van der Waals surface area contributed by atoms with E-state index in [2.05, 4.69) is 10.3 Å². The maximum Gasteiger partial charge on any atom is 0.254 e. The standard InChI is InChI=1S/C17H19N3O3/c21-16(18-10-14-7-4-8-23-14)11-20-12-19-15(9-17(20)22)13-5-2-1-3-6-13/h1-3,5-6,9,12,14H,4,7-8,10-11H2,(H,18,21)/t14-/m1/s1. The zero-order valence-corrected chi connectivity index (χ0v) is 12.8. The Balaban J connectivity index is 1.62. The summed E-state index contributed by atoms with van der Waals surface area (Å²) in [6.45, 7) is 1.21. The predicted octanol–water partition coefficient (Wildman–Crippen LogP) is 1.21. The molecule has 0 radical (unpaired) electrons. The smallest absolute Gasteiger partial charge is 0.254 e. The Bertz CT molecular complexity index is 721. The lowest BCUT2D eigenvalue weighted by atomic mass is 10.1. The van der Waals surface area contributed by atoms with Crippen molar-refractivity contribution < 1.29 is 9.53 Å². The fourth-order valence-electron chi connectivity index (χ4n) is 2.56. The number of benzene rings is 1. The summed E-state index contributed by atoms with van der Waals surface area (Å²) in [6, 6.07) is 10.9. The van der Waals surface area contributed by atoms with Crippen molar-refractivity contribution in [2.75, 3.05) is 13.2 Å². The van der Waals surface area contributed by atoms with Gasteiger partial charge in [-0.25, -0.2) is 4.98 Å². The fourth-order valence-corrected chi connectivity index (χ4v) is 2.56. The van der Waals surface area contributed by atoms with Gasteiger partial charge >= 0.3 is 0 Å². The molecule has 2 heterocycles. The molecule has 0 saturated carbocycles. The van der Waals surface area contributed by atoms with E-state index in [0.29, 0.717) is 12.2 Å². The molecule has 1 N–H and O–H groups in total. The molecule has 6 heteroatoms. The molecule has 3 rings (SSSR count). The van der Waals surface area contributed by atoms with Crippen LogP contribution in [-0.4, -0.2) is 34.7 Å². The molecule has 1 aliphatic heterocycles. The van der Waals surface area contributed by atoms with Crippen molar-refractivity contribution in [1.29, 1.82) is 0 Å². The zero-order chi connectivity index (χ0) is 16.1. The molecule has 120 valence electrons. The van der Waals surface area contributed by atoms with E-state index >= 15 is 0 Å². The lowest BCUT2D eigenvalue weighted by Crippen LogP contribution is -2.36. The minimum atomic E-state index is -0.244. The zero-order valence-electron chi connectivity index (χ0n) is 12.8.